The number of hydrogen-bond donors (Lipinski definition) is 1. The lowest BCUT2D eigenvalue weighted by molar-refractivity contribution is 0.302. The monoisotopic (exact) mass is 273 g/mol. The maximum absolute atomic E-state index is 13.4. The quantitative estimate of drug-likeness (QED) is 0.929. The van der Waals surface area contributed by atoms with Crippen LogP contribution in [0, 0.1) is 5.82 Å². The number of hydrogen-bond acceptors (Lipinski definition) is 2. The maximum Gasteiger partial charge on any atom is 0.123 e. The van der Waals surface area contributed by atoms with Crippen molar-refractivity contribution in [1.29, 1.82) is 0 Å². The Labute approximate surface area is 118 Å². The van der Waals surface area contributed by atoms with Crippen LogP contribution in [0.15, 0.2) is 36.8 Å². The van der Waals surface area contributed by atoms with Crippen molar-refractivity contribution < 1.29 is 4.39 Å². The van der Waals surface area contributed by atoms with Crippen molar-refractivity contribution >= 4 is 0 Å². The van der Waals surface area contributed by atoms with Gasteiger partial charge in [-0.15, -0.1) is 0 Å². The average molecular weight is 273 g/mol. The molecule has 106 valence electrons. The van der Waals surface area contributed by atoms with Crippen LogP contribution in [0.5, 0.6) is 0 Å². The molecule has 3 rings (SSSR count). The first kappa shape index (κ1) is 13.3. The minimum absolute atomic E-state index is 0.200. The predicted octanol–water partition coefficient (Wildman–Crippen LogP) is 3.39. The Bertz CT molecular complexity index is 571. The molecule has 3 nitrogen and oxygen atoms in total. The molecular formula is C16H20FN3. The first-order valence-electron chi connectivity index (χ1n) is 7.23. The van der Waals surface area contributed by atoms with Crippen LogP contribution in [0.3, 0.4) is 0 Å². The molecule has 2 aromatic rings. The van der Waals surface area contributed by atoms with E-state index in [0.29, 0.717) is 12.1 Å². The van der Waals surface area contributed by atoms with Gasteiger partial charge in [0, 0.05) is 17.6 Å². The van der Waals surface area contributed by atoms with Crippen LogP contribution in [0.25, 0.3) is 11.3 Å². The lowest BCUT2D eigenvalue weighted by Crippen LogP contribution is -2.31. The van der Waals surface area contributed by atoms with Crippen LogP contribution in [0.1, 0.15) is 31.7 Å². The van der Waals surface area contributed by atoms with E-state index in [1.54, 1.807) is 12.1 Å². The highest BCUT2D eigenvalue weighted by Gasteiger charge is 2.22. The zero-order valence-electron chi connectivity index (χ0n) is 11.7. The largest absolute Gasteiger partial charge is 0.328 e. The standard InChI is InChI=1S/C16H20FN3/c1-18-14-5-7-15(8-6-14)20-11-19-10-16(20)12-3-2-4-13(17)9-12/h2-4,9-11,14-15,18H,5-8H2,1H3. The summed E-state index contributed by atoms with van der Waals surface area (Å²) in [6, 6.07) is 7.85. The molecular weight excluding hydrogens is 253 g/mol. The molecule has 1 N–H and O–H groups in total. The van der Waals surface area contributed by atoms with Crippen LogP contribution in [-0.2, 0) is 0 Å². The van der Waals surface area contributed by atoms with Crippen molar-refractivity contribution in [2.45, 2.75) is 37.8 Å². The lowest BCUT2D eigenvalue weighted by Gasteiger charge is -2.30. The van der Waals surface area contributed by atoms with Gasteiger partial charge in [0.1, 0.15) is 5.82 Å². The van der Waals surface area contributed by atoms with E-state index in [0.717, 1.165) is 24.1 Å². The summed E-state index contributed by atoms with van der Waals surface area (Å²) in [5.41, 5.74) is 1.91. The molecule has 1 fully saturated rings. The van der Waals surface area contributed by atoms with E-state index in [9.17, 15) is 4.39 Å². The number of nitrogens with one attached hydrogen (secondary N) is 1. The van der Waals surface area contributed by atoms with Crippen LogP contribution in [-0.4, -0.2) is 22.6 Å². The van der Waals surface area contributed by atoms with E-state index in [2.05, 4.69) is 14.9 Å². The van der Waals surface area contributed by atoms with E-state index >= 15 is 0 Å². The number of rotatable bonds is 3. The number of benzene rings is 1. The van der Waals surface area contributed by atoms with Gasteiger partial charge < -0.3 is 9.88 Å². The Morgan fingerprint density at radius 3 is 2.75 bits per heavy atom. The first-order valence-corrected chi connectivity index (χ1v) is 7.23. The van der Waals surface area contributed by atoms with Crippen molar-refractivity contribution in [3.63, 3.8) is 0 Å². The van der Waals surface area contributed by atoms with Crippen LogP contribution in [0.4, 0.5) is 4.39 Å². The summed E-state index contributed by atoms with van der Waals surface area (Å²) in [6.07, 6.45) is 8.36. The Morgan fingerprint density at radius 1 is 1.25 bits per heavy atom. The highest BCUT2D eigenvalue weighted by molar-refractivity contribution is 5.59. The fourth-order valence-electron chi connectivity index (χ4n) is 3.11. The Hall–Kier alpha value is -1.68. The summed E-state index contributed by atoms with van der Waals surface area (Å²) in [6.45, 7) is 0. The molecule has 4 heteroatoms. The van der Waals surface area contributed by atoms with E-state index in [1.807, 2.05) is 25.6 Å². The fourth-order valence-corrected chi connectivity index (χ4v) is 3.11. The molecule has 0 aliphatic heterocycles. The van der Waals surface area contributed by atoms with Crippen molar-refractivity contribution in [3.8, 4) is 11.3 Å². The maximum atomic E-state index is 13.4. The van der Waals surface area contributed by atoms with Gasteiger partial charge in [0.15, 0.2) is 0 Å². The van der Waals surface area contributed by atoms with Gasteiger partial charge in [0.05, 0.1) is 18.2 Å². The van der Waals surface area contributed by atoms with Gasteiger partial charge >= 0.3 is 0 Å². The Kier molecular flexibility index (Phi) is 3.83. The molecule has 0 saturated heterocycles. The second kappa shape index (κ2) is 5.75. The molecule has 20 heavy (non-hydrogen) atoms. The van der Waals surface area contributed by atoms with Crippen LogP contribution >= 0.6 is 0 Å². The molecule has 0 unspecified atom stereocenters. The van der Waals surface area contributed by atoms with Gasteiger partial charge in [-0.25, -0.2) is 9.37 Å². The normalized spacial score (nSPS) is 22.9. The number of aromatic nitrogens is 2. The van der Waals surface area contributed by atoms with E-state index in [4.69, 9.17) is 0 Å². The smallest absolute Gasteiger partial charge is 0.123 e. The summed E-state index contributed by atoms with van der Waals surface area (Å²) in [5, 5.41) is 3.35. The third-order valence-electron chi connectivity index (χ3n) is 4.28. The number of imidazole rings is 1. The molecule has 0 bridgehead atoms. The summed E-state index contributed by atoms with van der Waals surface area (Å²) >= 11 is 0. The number of halogens is 1. The van der Waals surface area contributed by atoms with E-state index in [-0.39, 0.29) is 5.82 Å². The first-order chi connectivity index (χ1) is 9.78. The molecule has 1 aromatic carbocycles. The highest BCUT2D eigenvalue weighted by atomic mass is 19.1. The fraction of sp³-hybridized carbons (Fsp3) is 0.438. The molecule has 0 atom stereocenters. The van der Waals surface area contributed by atoms with Crippen molar-refractivity contribution in [2.75, 3.05) is 7.05 Å². The SMILES string of the molecule is CNC1CCC(n2cncc2-c2cccc(F)c2)CC1. The average Bonchev–Trinajstić information content (AvgIpc) is 2.97. The minimum atomic E-state index is -0.200. The predicted molar refractivity (Wildman–Crippen MR) is 78.0 cm³/mol. The summed E-state index contributed by atoms with van der Waals surface area (Å²) in [4.78, 5) is 4.27. The van der Waals surface area contributed by atoms with Gasteiger partial charge in [-0.3, -0.25) is 0 Å². The molecule has 1 aliphatic rings. The van der Waals surface area contributed by atoms with Gasteiger partial charge in [0.2, 0.25) is 0 Å². The van der Waals surface area contributed by atoms with Crippen LogP contribution < -0.4 is 5.32 Å². The zero-order chi connectivity index (χ0) is 13.9. The van der Waals surface area contributed by atoms with Crippen LogP contribution in [0.2, 0.25) is 0 Å². The van der Waals surface area contributed by atoms with E-state index in [1.165, 1.54) is 18.9 Å². The third-order valence-corrected chi connectivity index (χ3v) is 4.28. The summed E-state index contributed by atoms with van der Waals surface area (Å²) in [7, 11) is 2.03. The van der Waals surface area contributed by atoms with E-state index < -0.39 is 0 Å². The molecule has 0 amide bonds. The molecule has 1 saturated carbocycles. The van der Waals surface area contributed by atoms with Gasteiger partial charge in [-0.05, 0) is 44.9 Å². The van der Waals surface area contributed by atoms with Crippen molar-refractivity contribution in [1.82, 2.24) is 14.9 Å². The highest BCUT2D eigenvalue weighted by Crippen LogP contribution is 2.32. The van der Waals surface area contributed by atoms with Gasteiger partial charge in [0.25, 0.3) is 0 Å². The number of nitrogens with zero attached hydrogens (tertiary/aromatic N) is 2. The van der Waals surface area contributed by atoms with Crippen molar-refractivity contribution in [2.24, 2.45) is 0 Å². The second-order valence-corrected chi connectivity index (χ2v) is 5.49. The summed E-state index contributed by atoms with van der Waals surface area (Å²) < 4.78 is 15.6. The summed E-state index contributed by atoms with van der Waals surface area (Å²) in [5.74, 6) is -0.200. The molecule has 0 spiro atoms. The topological polar surface area (TPSA) is 29.9 Å². The lowest BCUT2D eigenvalue weighted by atomic mass is 9.91. The molecule has 1 aliphatic carbocycles. The molecule has 1 heterocycles. The second-order valence-electron chi connectivity index (χ2n) is 5.49. The molecule has 1 aromatic heterocycles. The van der Waals surface area contributed by atoms with Gasteiger partial charge in [-0.2, -0.15) is 0 Å². The Morgan fingerprint density at radius 2 is 2.05 bits per heavy atom. The Balaban J connectivity index is 1.84. The molecule has 0 radical (unpaired) electrons. The zero-order valence-corrected chi connectivity index (χ0v) is 11.7. The third kappa shape index (κ3) is 2.61. The minimum Gasteiger partial charge on any atom is -0.328 e. The van der Waals surface area contributed by atoms with Gasteiger partial charge in [-0.1, -0.05) is 12.1 Å². The van der Waals surface area contributed by atoms with Crippen molar-refractivity contribution in [3.05, 3.63) is 42.6 Å².